The molecule has 0 saturated carbocycles. The highest BCUT2D eigenvalue weighted by molar-refractivity contribution is 6.99. The van der Waals surface area contributed by atoms with E-state index in [0.717, 1.165) is 15.9 Å². The molecule has 0 aliphatic rings. The average Bonchev–Trinajstić information content (AvgIpc) is 3.03. The van der Waals surface area contributed by atoms with Crippen molar-refractivity contribution in [2.75, 3.05) is 13.2 Å². The van der Waals surface area contributed by atoms with E-state index in [2.05, 4.69) is 108 Å². The van der Waals surface area contributed by atoms with Gasteiger partial charge in [0.05, 0.1) is 32.0 Å². The van der Waals surface area contributed by atoms with Gasteiger partial charge in [-0.1, -0.05) is 133 Å². The first-order chi connectivity index (χ1) is 23.2. The molecule has 50 heavy (non-hydrogen) atoms. The standard InChI is InChI=1S/C41H63NO6Si2/c1-39(2,3)47-38(44)42-33(30-45-29-32-21-15-12-16-22-32)27-28-37(36(43)31-46-49(10,11)40(4,5)6)48-50(41(7,8)9,34-23-17-13-18-24-34)35-25-19-14-20-26-35/h12-26,33,36-37,43H,27-31H2,1-11H3,(H,42,44)/t33-,36-,37-/m0/s1. The van der Waals surface area contributed by atoms with Gasteiger partial charge < -0.3 is 28.7 Å². The van der Waals surface area contributed by atoms with Crippen molar-refractivity contribution in [3.8, 4) is 0 Å². The van der Waals surface area contributed by atoms with E-state index in [4.69, 9.17) is 18.3 Å². The highest BCUT2D eigenvalue weighted by Crippen LogP contribution is 2.39. The fourth-order valence-corrected chi connectivity index (χ4v) is 11.6. The summed E-state index contributed by atoms with van der Waals surface area (Å²) < 4.78 is 25.9. The van der Waals surface area contributed by atoms with Crippen LogP contribution in [0.4, 0.5) is 4.79 Å². The minimum atomic E-state index is -3.04. The molecule has 0 spiro atoms. The van der Waals surface area contributed by atoms with Crippen molar-refractivity contribution in [1.29, 1.82) is 0 Å². The summed E-state index contributed by atoms with van der Waals surface area (Å²) in [6.07, 6.45) is -1.05. The van der Waals surface area contributed by atoms with Crippen LogP contribution >= 0.6 is 0 Å². The van der Waals surface area contributed by atoms with Crippen LogP contribution in [0.3, 0.4) is 0 Å². The van der Waals surface area contributed by atoms with Crippen molar-refractivity contribution in [3.63, 3.8) is 0 Å². The van der Waals surface area contributed by atoms with Crippen molar-refractivity contribution < 1.29 is 28.2 Å². The summed E-state index contributed by atoms with van der Waals surface area (Å²) in [5.41, 5.74) is 0.403. The maximum atomic E-state index is 13.0. The van der Waals surface area contributed by atoms with E-state index in [9.17, 15) is 9.90 Å². The van der Waals surface area contributed by atoms with Crippen LogP contribution in [-0.2, 0) is 24.9 Å². The summed E-state index contributed by atoms with van der Waals surface area (Å²) in [7, 11) is -5.21. The smallest absolute Gasteiger partial charge is 0.407 e. The summed E-state index contributed by atoms with van der Waals surface area (Å²) in [6.45, 7) is 24.1. The Bertz CT molecular complexity index is 1390. The quantitative estimate of drug-likeness (QED) is 0.145. The van der Waals surface area contributed by atoms with Gasteiger partial charge in [-0.25, -0.2) is 4.79 Å². The third kappa shape index (κ3) is 11.9. The second-order valence-corrected chi connectivity index (χ2v) is 25.9. The number of aliphatic hydroxyl groups excluding tert-OH is 1. The summed E-state index contributed by atoms with van der Waals surface area (Å²) in [6, 6.07) is 30.5. The molecular weight excluding hydrogens is 659 g/mol. The Balaban J connectivity index is 2.01. The van der Waals surface area contributed by atoms with E-state index >= 15 is 0 Å². The zero-order valence-electron chi connectivity index (χ0n) is 32.4. The molecule has 3 rings (SSSR count). The molecule has 9 heteroatoms. The number of carbonyl (C=O) groups is 1. The van der Waals surface area contributed by atoms with Gasteiger partial charge in [0.15, 0.2) is 8.32 Å². The van der Waals surface area contributed by atoms with Gasteiger partial charge in [0.2, 0.25) is 0 Å². The molecule has 0 unspecified atom stereocenters. The van der Waals surface area contributed by atoms with Gasteiger partial charge in [0.1, 0.15) is 11.7 Å². The number of carbonyl (C=O) groups excluding carboxylic acids is 1. The van der Waals surface area contributed by atoms with Crippen LogP contribution in [0.15, 0.2) is 91.0 Å². The number of hydrogen-bond donors (Lipinski definition) is 2. The molecule has 3 aromatic rings. The van der Waals surface area contributed by atoms with Crippen LogP contribution in [0.5, 0.6) is 0 Å². The zero-order chi connectivity index (χ0) is 37.2. The monoisotopic (exact) mass is 721 g/mol. The average molecular weight is 722 g/mol. The van der Waals surface area contributed by atoms with Crippen LogP contribution < -0.4 is 15.7 Å². The van der Waals surface area contributed by atoms with Gasteiger partial charge in [-0.2, -0.15) is 0 Å². The van der Waals surface area contributed by atoms with Gasteiger partial charge in [-0.15, -0.1) is 0 Å². The molecule has 3 aromatic carbocycles. The second kappa shape index (κ2) is 17.6. The zero-order valence-corrected chi connectivity index (χ0v) is 34.4. The maximum absolute atomic E-state index is 13.0. The molecule has 7 nitrogen and oxygen atoms in total. The van der Waals surface area contributed by atoms with Gasteiger partial charge in [-0.05, 0) is 72.7 Å². The number of ether oxygens (including phenoxy) is 2. The normalized spacial score (nSPS) is 14.9. The molecule has 0 radical (unpaired) electrons. The van der Waals surface area contributed by atoms with Crippen LogP contribution in [0.2, 0.25) is 23.2 Å². The van der Waals surface area contributed by atoms with Crippen molar-refractivity contribution in [2.45, 2.75) is 129 Å². The lowest BCUT2D eigenvalue weighted by molar-refractivity contribution is -0.0102. The van der Waals surface area contributed by atoms with Crippen LogP contribution in [-0.4, -0.2) is 64.9 Å². The summed E-state index contributed by atoms with van der Waals surface area (Å²) >= 11 is 0. The van der Waals surface area contributed by atoms with Gasteiger partial charge in [0, 0.05) is 0 Å². The Labute approximate surface area is 304 Å². The number of aliphatic hydroxyl groups is 1. The van der Waals surface area contributed by atoms with E-state index < -0.39 is 40.5 Å². The number of hydrogen-bond acceptors (Lipinski definition) is 6. The molecule has 0 bridgehead atoms. The summed E-state index contributed by atoms with van der Waals surface area (Å²) in [5.74, 6) is 0. The molecule has 3 atom stereocenters. The van der Waals surface area contributed by atoms with E-state index in [1.165, 1.54) is 0 Å². The molecule has 0 aliphatic carbocycles. The van der Waals surface area contributed by atoms with Crippen molar-refractivity contribution in [1.82, 2.24) is 5.32 Å². The molecular formula is C41H63NO6Si2. The Hall–Kier alpha value is -2.80. The molecule has 1 amide bonds. The van der Waals surface area contributed by atoms with Crippen LogP contribution in [0, 0.1) is 0 Å². The Morgan fingerprint density at radius 1 is 0.720 bits per heavy atom. The largest absolute Gasteiger partial charge is 0.444 e. The van der Waals surface area contributed by atoms with E-state index in [1.54, 1.807) is 0 Å². The van der Waals surface area contributed by atoms with Crippen molar-refractivity contribution in [3.05, 3.63) is 96.6 Å². The van der Waals surface area contributed by atoms with Crippen LogP contribution in [0.25, 0.3) is 0 Å². The van der Waals surface area contributed by atoms with Gasteiger partial charge in [0.25, 0.3) is 8.32 Å². The predicted molar refractivity (Wildman–Crippen MR) is 210 cm³/mol. The third-order valence-electron chi connectivity index (χ3n) is 9.55. The van der Waals surface area contributed by atoms with Crippen molar-refractivity contribution in [2.24, 2.45) is 0 Å². The number of rotatable bonds is 16. The topological polar surface area (TPSA) is 86.3 Å². The number of alkyl carbamates (subject to hydrolysis) is 1. The molecule has 276 valence electrons. The molecule has 0 aliphatic heterocycles. The summed E-state index contributed by atoms with van der Waals surface area (Å²) in [4.78, 5) is 13.0. The highest BCUT2D eigenvalue weighted by atomic mass is 28.4. The van der Waals surface area contributed by atoms with E-state index in [1.807, 2.05) is 63.2 Å². The second-order valence-electron chi connectivity index (χ2n) is 16.9. The third-order valence-corrected chi connectivity index (χ3v) is 19.1. The Kier molecular flexibility index (Phi) is 14.7. The Morgan fingerprint density at radius 3 is 1.68 bits per heavy atom. The minimum absolute atomic E-state index is 0.0143. The van der Waals surface area contributed by atoms with E-state index in [-0.39, 0.29) is 29.3 Å². The first kappa shape index (κ1) is 41.6. The number of nitrogens with one attached hydrogen (secondary N) is 1. The van der Waals surface area contributed by atoms with Crippen molar-refractivity contribution >= 4 is 33.1 Å². The number of amides is 1. The number of benzene rings is 3. The molecule has 0 aromatic heterocycles. The molecule has 2 N–H and O–H groups in total. The SMILES string of the molecule is CC(C)(C)OC(=O)N[C@@H](CC[C@H](O[Si](c1ccccc1)(c1ccccc1)C(C)(C)C)[C@@H](O)CO[Si](C)(C)C(C)(C)C)COCc1ccccc1. The van der Waals surface area contributed by atoms with Gasteiger partial charge in [-0.3, -0.25) is 0 Å². The van der Waals surface area contributed by atoms with E-state index in [0.29, 0.717) is 19.4 Å². The first-order valence-electron chi connectivity index (χ1n) is 18.0. The molecule has 0 fully saturated rings. The lowest BCUT2D eigenvalue weighted by atomic mass is 10.0. The lowest BCUT2D eigenvalue weighted by Gasteiger charge is -2.46. The predicted octanol–water partition coefficient (Wildman–Crippen LogP) is 8.20. The fourth-order valence-electron chi connectivity index (χ4n) is 5.80. The lowest BCUT2D eigenvalue weighted by Crippen LogP contribution is -2.68. The molecule has 0 saturated heterocycles. The minimum Gasteiger partial charge on any atom is -0.444 e. The fraction of sp³-hybridized carbons (Fsp3) is 0.537. The first-order valence-corrected chi connectivity index (χ1v) is 22.8. The highest BCUT2D eigenvalue weighted by Gasteiger charge is 2.52. The Morgan fingerprint density at radius 2 is 1.22 bits per heavy atom. The maximum Gasteiger partial charge on any atom is 0.407 e. The summed E-state index contributed by atoms with van der Waals surface area (Å²) in [5, 5.41) is 17.1. The van der Waals surface area contributed by atoms with Gasteiger partial charge >= 0.3 is 6.09 Å². The van der Waals surface area contributed by atoms with Crippen LogP contribution in [0.1, 0.15) is 80.7 Å². The molecule has 0 heterocycles.